The number of nitrogens with one attached hydrogen (secondary N) is 1. The summed E-state index contributed by atoms with van der Waals surface area (Å²) < 4.78 is 1.79. The fraction of sp³-hybridized carbons (Fsp3) is 0.462. The van der Waals surface area contributed by atoms with Crippen molar-refractivity contribution in [1.29, 1.82) is 0 Å². The summed E-state index contributed by atoms with van der Waals surface area (Å²) in [4.78, 5) is 18.9. The minimum Gasteiger partial charge on any atom is -0.481 e. The molecule has 0 aromatic carbocycles. The van der Waals surface area contributed by atoms with Crippen molar-refractivity contribution in [2.45, 2.75) is 26.2 Å². The Labute approximate surface area is 110 Å². The van der Waals surface area contributed by atoms with Crippen LogP contribution in [0.2, 0.25) is 0 Å². The highest BCUT2D eigenvalue weighted by Crippen LogP contribution is 2.27. The first-order valence-electron chi connectivity index (χ1n) is 6.36. The maximum absolute atomic E-state index is 11.0. The van der Waals surface area contributed by atoms with Gasteiger partial charge in [0.1, 0.15) is 5.69 Å². The lowest BCUT2D eigenvalue weighted by Gasteiger charge is -2.16. The molecule has 19 heavy (non-hydrogen) atoms. The van der Waals surface area contributed by atoms with E-state index in [1.54, 1.807) is 4.68 Å². The van der Waals surface area contributed by atoms with Gasteiger partial charge in [-0.3, -0.25) is 9.48 Å². The number of hydrogen-bond donors (Lipinski definition) is 2. The van der Waals surface area contributed by atoms with E-state index in [2.05, 4.69) is 15.1 Å². The molecular weight excluding hydrogens is 244 g/mol. The highest BCUT2D eigenvalue weighted by atomic mass is 16.4. The predicted molar refractivity (Wildman–Crippen MR) is 68.7 cm³/mol. The zero-order valence-electron chi connectivity index (χ0n) is 11.0. The van der Waals surface area contributed by atoms with Crippen LogP contribution in [0.15, 0.2) is 6.07 Å². The first kappa shape index (κ1) is 12.0. The molecule has 2 N–H and O–H groups in total. The second-order valence-electron chi connectivity index (χ2n) is 5.08. The molecular formula is C13H16N4O2. The molecule has 0 radical (unpaired) electrons. The Morgan fingerprint density at radius 3 is 3.00 bits per heavy atom. The molecule has 1 aliphatic rings. The maximum Gasteiger partial charge on any atom is 0.306 e. The zero-order valence-corrected chi connectivity index (χ0v) is 11.0. The molecule has 0 bridgehead atoms. The minimum atomic E-state index is -0.724. The summed E-state index contributed by atoms with van der Waals surface area (Å²) in [5.41, 5.74) is 3.81. The molecule has 0 amide bonds. The Hall–Kier alpha value is -2.11. The number of carbonyl (C=O) groups is 1. The lowest BCUT2D eigenvalue weighted by atomic mass is 9.90. The molecule has 0 spiro atoms. The van der Waals surface area contributed by atoms with Crippen LogP contribution in [0.3, 0.4) is 0 Å². The maximum atomic E-state index is 11.0. The third kappa shape index (κ3) is 2.03. The van der Waals surface area contributed by atoms with Crippen molar-refractivity contribution in [2.75, 3.05) is 0 Å². The van der Waals surface area contributed by atoms with E-state index in [1.807, 2.05) is 20.0 Å². The van der Waals surface area contributed by atoms with E-state index in [9.17, 15) is 4.79 Å². The fourth-order valence-corrected chi connectivity index (χ4v) is 2.64. The summed E-state index contributed by atoms with van der Waals surface area (Å²) in [6.07, 6.45) is 1.92. The summed E-state index contributed by atoms with van der Waals surface area (Å²) in [6.45, 7) is 1.94. The number of hydrogen-bond acceptors (Lipinski definition) is 3. The highest BCUT2D eigenvalue weighted by Gasteiger charge is 2.27. The van der Waals surface area contributed by atoms with Crippen molar-refractivity contribution in [1.82, 2.24) is 19.7 Å². The van der Waals surface area contributed by atoms with E-state index < -0.39 is 5.97 Å². The molecule has 3 rings (SSSR count). The number of H-pyrrole nitrogens is 1. The number of aryl methyl sites for hydroxylation is 3. The van der Waals surface area contributed by atoms with Gasteiger partial charge in [-0.1, -0.05) is 0 Å². The van der Waals surface area contributed by atoms with Gasteiger partial charge in [-0.2, -0.15) is 5.10 Å². The summed E-state index contributed by atoms with van der Waals surface area (Å²) in [6, 6.07) is 1.97. The number of carboxylic acids is 1. The normalized spacial score (nSPS) is 18.3. The topological polar surface area (TPSA) is 83.8 Å². The number of aromatic nitrogens is 4. The van der Waals surface area contributed by atoms with E-state index in [1.165, 1.54) is 0 Å². The van der Waals surface area contributed by atoms with Crippen molar-refractivity contribution in [3.63, 3.8) is 0 Å². The monoisotopic (exact) mass is 260 g/mol. The molecule has 6 nitrogen and oxygen atoms in total. The van der Waals surface area contributed by atoms with Crippen LogP contribution in [0.4, 0.5) is 0 Å². The van der Waals surface area contributed by atoms with Crippen LogP contribution >= 0.6 is 0 Å². The highest BCUT2D eigenvalue weighted by molar-refractivity contribution is 5.71. The van der Waals surface area contributed by atoms with Crippen LogP contribution in [0, 0.1) is 12.8 Å². The molecule has 0 aliphatic heterocycles. The van der Waals surface area contributed by atoms with E-state index in [-0.39, 0.29) is 5.92 Å². The standard InChI is InChI=1S/C13H16N4O2/c1-7-5-11(17(2)16-7)12-14-9-4-3-8(13(18)19)6-10(9)15-12/h5,8H,3-4,6H2,1-2H3,(H,14,15)(H,18,19). The molecule has 1 unspecified atom stereocenters. The first-order valence-corrected chi connectivity index (χ1v) is 6.36. The SMILES string of the molecule is Cc1cc(-c2nc3c([nH]2)CC(C(=O)O)CC3)n(C)n1. The van der Waals surface area contributed by atoms with Gasteiger partial charge in [0.2, 0.25) is 0 Å². The van der Waals surface area contributed by atoms with E-state index in [4.69, 9.17) is 5.11 Å². The molecule has 100 valence electrons. The third-order valence-electron chi connectivity index (χ3n) is 3.64. The van der Waals surface area contributed by atoms with Gasteiger partial charge in [0.05, 0.1) is 17.3 Å². The first-order chi connectivity index (χ1) is 9.04. The van der Waals surface area contributed by atoms with E-state index >= 15 is 0 Å². The zero-order chi connectivity index (χ0) is 13.6. The predicted octanol–water partition coefficient (Wildman–Crippen LogP) is 1.31. The number of carboxylic acid groups (broad SMARTS) is 1. The largest absolute Gasteiger partial charge is 0.481 e. The van der Waals surface area contributed by atoms with Crippen molar-refractivity contribution >= 4 is 5.97 Å². The van der Waals surface area contributed by atoms with Crippen molar-refractivity contribution in [2.24, 2.45) is 13.0 Å². The van der Waals surface area contributed by atoms with Gasteiger partial charge in [-0.15, -0.1) is 0 Å². The molecule has 1 aliphatic carbocycles. The van der Waals surface area contributed by atoms with Crippen LogP contribution in [-0.4, -0.2) is 30.8 Å². The Morgan fingerprint density at radius 2 is 2.37 bits per heavy atom. The number of aliphatic carboxylic acids is 1. The Kier molecular flexibility index (Phi) is 2.66. The fourth-order valence-electron chi connectivity index (χ4n) is 2.64. The Morgan fingerprint density at radius 1 is 1.58 bits per heavy atom. The number of rotatable bonds is 2. The number of nitrogens with zero attached hydrogens (tertiary/aromatic N) is 3. The van der Waals surface area contributed by atoms with Crippen molar-refractivity contribution in [3.8, 4) is 11.5 Å². The van der Waals surface area contributed by atoms with Crippen LogP contribution in [0.5, 0.6) is 0 Å². The summed E-state index contributed by atoms with van der Waals surface area (Å²) in [5.74, 6) is -0.244. The molecule has 0 fully saturated rings. The summed E-state index contributed by atoms with van der Waals surface area (Å²) >= 11 is 0. The quantitative estimate of drug-likeness (QED) is 0.852. The van der Waals surface area contributed by atoms with E-state index in [0.29, 0.717) is 12.8 Å². The number of fused-ring (bicyclic) bond motifs is 1. The molecule has 2 aromatic heterocycles. The minimum absolute atomic E-state index is 0.297. The lowest BCUT2D eigenvalue weighted by molar-refractivity contribution is -0.142. The van der Waals surface area contributed by atoms with Crippen molar-refractivity contribution < 1.29 is 9.90 Å². The molecule has 2 heterocycles. The lowest BCUT2D eigenvalue weighted by Crippen LogP contribution is -2.22. The Balaban J connectivity index is 1.95. The second kappa shape index (κ2) is 4.22. The smallest absolute Gasteiger partial charge is 0.306 e. The summed E-state index contributed by atoms with van der Waals surface area (Å²) in [5, 5.41) is 13.4. The number of aromatic amines is 1. The third-order valence-corrected chi connectivity index (χ3v) is 3.64. The average molecular weight is 260 g/mol. The van der Waals surface area contributed by atoms with Crippen LogP contribution in [-0.2, 0) is 24.7 Å². The molecule has 6 heteroatoms. The van der Waals surface area contributed by atoms with Crippen LogP contribution in [0.1, 0.15) is 23.5 Å². The molecule has 2 aromatic rings. The van der Waals surface area contributed by atoms with Crippen molar-refractivity contribution in [3.05, 3.63) is 23.1 Å². The molecule has 1 atom stereocenters. The van der Waals surface area contributed by atoms with Gasteiger partial charge < -0.3 is 10.1 Å². The molecule has 0 saturated heterocycles. The van der Waals surface area contributed by atoms with Gasteiger partial charge in [0.25, 0.3) is 0 Å². The van der Waals surface area contributed by atoms with Crippen LogP contribution in [0.25, 0.3) is 11.5 Å². The van der Waals surface area contributed by atoms with Crippen LogP contribution < -0.4 is 0 Å². The van der Waals surface area contributed by atoms with Gasteiger partial charge in [-0.25, -0.2) is 4.98 Å². The Bertz CT molecular complexity index is 641. The average Bonchev–Trinajstić information content (AvgIpc) is 2.90. The van der Waals surface area contributed by atoms with E-state index in [0.717, 1.165) is 35.0 Å². The van der Waals surface area contributed by atoms with Gasteiger partial charge in [0, 0.05) is 19.2 Å². The molecule has 0 saturated carbocycles. The summed E-state index contributed by atoms with van der Waals surface area (Å²) in [7, 11) is 1.88. The second-order valence-corrected chi connectivity index (χ2v) is 5.08. The van der Waals surface area contributed by atoms with Gasteiger partial charge in [-0.05, 0) is 25.8 Å². The van der Waals surface area contributed by atoms with Gasteiger partial charge >= 0.3 is 5.97 Å². The number of imidazole rings is 1. The van der Waals surface area contributed by atoms with Gasteiger partial charge in [0.15, 0.2) is 5.82 Å².